The molecule has 0 spiro atoms. The van der Waals surface area contributed by atoms with Crippen molar-refractivity contribution in [1.82, 2.24) is 9.97 Å². The Morgan fingerprint density at radius 3 is 2.53 bits per heavy atom. The molecule has 0 aliphatic rings. The van der Waals surface area contributed by atoms with Gasteiger partial charge in [0, 0.05) is 11.8 Å². The van der Waals surface area contributed by atoms with E-state index >= 15 is 0 Å². The molecule has 4 heteroatoms. The van der Waals surface area contributed by atoms with Crippen LogP contribution in [0.1, 0.15) is 11.4 Å². The average Bonchev–Trinajstić information content (AvgIpc) is 2.15. The molecule has 0 atom stereocenters. The molecule has 0 saturated carbocycles. The lowest BCUT2D eigenvalue weighted by Gasteiger charge is -2.14. The summed E-state index contributed by atoms with van der Waals surface area (Å²) in [5, 5.41) is 3.16. The molecule has 1 aromatic heterocycles. The van der Waals surface area contributed by atoms with Crippen molar-refractivity contribution in [3.63, 3.8) is 0 Å². The van der Waals surface area contributed by atoms with Crippen molar-refractivity contribution in [2.45, 2.75) is 6.92 Å². The van der Waals surface area contributed by atoms with E-state index in [1.807, 2.05) is 6.92 Å². The van der Waals surface area contributed by atoms with Gasteiger partial charge in [-0.05, 0) is 36.9 Å². The zero-order chi connectivity index (χ0) is 11.5. The van der Waals surface area contributed by atoms with Crippen molar-refractivity contribution in [2.24, 2.45) is 0 Å². The number of hydrogen-bond acceptors (Lipinski definition) is 3. The number of hydrogen-bond donors (Lipinski definition) is 0. The first kappa shape index (κ1) is 11.9. The van der Waals surface area contributed by atoms with E-state index in [1.165, 1.54) is 0 Å². The molecule has 1 aromatic rings. The maximum Gasteiger partial charge on any atom is 0.220 e. The molecule has 0 saturated heterocycles. The van der Waals surface area contributed by atoms with E-state index in [0.717, 1.165) is 5.56 Å². The molecule has 0 amide bonds. The normalized spacial score (nSPS) is 11.5. The van der Waals surface area contributed by atoms with Gasteiger partial charge in [-0.15, -0.1) is 0 Å². The first-order valence-corrected chi connectivity index (χ1v) is 7.37. The maximum absolute atomic E-state index is 5.11. The van der Waals surface area contributed by atoms with Crippen molar-refractivity contribution < 1.29 is 4.74 Å². The lowest BCUT2D eigenvalue weighted by Crippen LogP contribution is -1.96. The van der Waals surface area contributed by atoms with Crippen molar-refractivity contribution in [3.8, 4) is 17.1 Å². The first-order chi connectivity index (χ1) is 6.92. The van der Waals surface area contributed by atoms with Gasteiger partial charge in [-0.25, -0.2) is 4.98 Å². The fourth-order valence-corrected chi connectivity index (χ4v) is 1.29. The third-order valence-corrected chi connectivity index (χ3v) is 2.30. The molecule has 3 nitrogen and oxygen atoms in total. The van der Waals surface area contributed by atoms with E-state index in [9.17, 15) is 0 Å². The van der Waals surface area contributed by atoms with E-state index in [4.69, 9.17) is 4.74 Å². The van der Waals surface area contributed by atoms with Crippen molar-refractivity contribution in [3.05, 3.63) is 17.6 Å². The number of rotatable bonds is 1. The molecule has 0 radical (unpaired) electrons. The highest BCUT2D eigenvalue weighted by Gasteiger charge is 2.02. The van der Waals surface area contributed by atoms with Gasteiger partial charge in [0.1, 0.15) is 0 Å². The SMILES string of the molecule is COc1nc(C#CS(C)(C)C)ncc1C. The minimum atomic E-state index is -0.834. The molecule has 15 heavy (non-hydrogen) atoms. The van der Waals surface area contributed by atoms with Crippen LogP contribution < -0.4 is 4.74 Å². The maximum atomic E-state index is 5.11. The zero-order valence-corrected chi connectivity index (χ0v) is 10.6. The van der Waals surface area contributed by atoms with Crippen LogP contribution in [-0.2, 0) is 0 Å². The molecule has 82 valence electrons. The molecule has 0 fully saturated rings. The number of nitrogens with zero attached hydrogens (tertiary/aromatic N) is 2. The van der Waals surface area contributed by atoms with Crippen molar-refractivity contribution in [1.29, 1.82) is 0 Å². The van der Waals surface area contributed by atoms with Crippen molar-refractivity contribution in [2.75, 3.05) is 25.9 Å². The van der Waals surface area contributed by atoms with Crippen LogP contribution in [0.2, 0.25) is 0 Å². The summed E-state index contributed by atoms with van der Waals surface area (Å²) in [6.45, 7) is 1.91. The van der Waals surface area contributed by atoms with Crippen molar-refractivity contribution >= 4 is 10.0 Å². The van der Waals surface area contributed by atoms with Gasteiger partial charge in [0.05, 0.1) is 7.11 Å². The zero-order valence-electron chi connectivity index (χ0n) is 9.79. The van der Waals surface area contributed by atoms with Crippen LogP contribution in [0, 0.1) is 18.1 Å². The van der Waals surface area contributed by atoms with Gasteiger partial charge < -0.3 is 4.74 Å². The smallest absolute Gasteiger partial charge is 0.220 e. The Hall–Kier alpha value is -1.21. The lowest BCUT2D eigenvalue weighted by molar-refractivity contribution is 0.393. The quantitative estimate of drug-likeness (QED) is 0.682. The number of methoxy groups -OCH3 is 1. The Balaban J connectivity index is 3.01. The number of aromatic nitrogens is 2. The van der Waals surface area contributed by atoms with Gasteiger partial charge in [0.2, 0.25) is 11.7 Å². The molecule has 0 aromatic carbocycles. The number of ether oxygens (including phenoxy) is 1. The summed E-state index contributed by atoms with van der Waals surface area (Å²) in [7, 11) is 0.765. The Labute approximate surface area is 92.6 Å². The van der Waals surface area contributed by atoms with Crippen LogP contribution in [0.3, 0.4) is 0 Å². The summed E-state index contributed by atoms with van der Waals surface area (Å²) in [4.78, 5) is 8.34. The van der Waals surface area contributed by atoms with Crippen LogP contribution in [0.4, 0.5) is 0 Å². The fourth-order valence-electron chi connectivity index (χ4n) is 0.892. The highest BCUT2D eigenvalue weighted by Crippen LogP contribution is 2.32. The predicted octanol–water partition coefficient (Wildman–Crippen LogP) is 1.80. The Morgan fingerprint density at radius 1 is 1.33 bits per heavy atom. The molecule has 0 unspecified atom stereocenters. The predicted molar refractivity (Wildman–Crippen MR) is 65.6 cm³/mol. The van der Waals surface area contributed by atoms with Gasteiger partial charge in [0.15, 0.2) is 0 Å². The third kappa shape index (κ3) is 3.80. The van der Waals surface area contributed by atoms with Gasteiger partial charge in [-0.1, -0.05) is 0 Å². The van der Waals surface area contributed by atoms with E-state index < -0.39 is 10.0 Å². The average molecular weight is 224 g/mol. The topological polar surface area (TPSA) is 35.0 Å². The summed E-state index contributed by atoms with van der Waals surface area (Å²) in [6.07, 6.45) is 8.12. The molecule has 1 rings (SSSR count). The third-order valence-electron chi connectivity index (χ3n) is 1.59. The van der Waals surface area contributed by atoms with Crippen LogP contribution >= 0.6 is 10.0 Å². The van der Waals surface area contributed by atoms with Gasteiger partial charge >= 0.3 is 0 Å². The summed E-state index contributed by atoms with van der Waals surface area (Å²) < 4.78 is 5.11. The van der Waals surface area contributed by atoms with E-state index in [1.54, 1.807) is 13.3 Å². The standard InChI is InChI=1S/C11H16N2OS/c1-9-8-12-10(13-11(9)14-2)6-7-15(3,4)5/h8H,1-5H3. The second-order valence-electron chi connectivity index (χ2n) is 3.95. The Bertz CT molecular complexity index is 413. The van der Waals surface area contributed by atoms with Crippen LogP contribution in [0.15, 0.2) is 6.20 Å². The number of aryl methyl sites for hydroxylation is 1. The second kappa shape index (κ2) is 4.54. The molecule has 1 heterocycles. The van der Waals surface area contributed by atoms with E-state index in [2.05, 4.69) is 39.9 Å². The molecular formula is C11H16N2OS. The highest BCUT2D eigenvalue weighted by atomic mass is 32.3. The Morgan fingerprint density at radius 2 is 2.00 bits per heavy atom. The lowest BCUT2D eigenvalue weighted by atomic mass is 10.4. The molecule has 0 aliphatic heterocycles. The van der Waals surface area contributed by atoms with E-state index in [-0.39, 0.29) is 0 Å². The largest absolute Gasteiger partial charge is 0.481 e. The second-order valence-corrected chi connectivity index (χ2v) is 7.83. The summed E-state index contributed by atoms with van der Waals surface area (Å²) >= 11 is 0. The minimum absolute atomic E-state index is 0.528. The van der Waals surface area contributed by atoms with Crippen LogP contribution in [-0.4, -0.2) is 35.8 Å². The summed E-state index contributed by atoms with van der Waals surface area (Å²) in [5.41, 5.74) is 0.922. The first-order valence-electron chi connectivity index (χ1n) is 4.51. The molecular weight excluding hydrogens is 208 g/mol. The summed E-state index contributed by atoms with van der Waals surface area (Å²) in [6, 6.07) is 0. The van der Waals surface area contributed by atoms with Crippen LogP contribution in [0.25, 0.3) is 0 Å². The highest BCUT2D eigenvalue weighted by molar-refractivity contribution is 8.35. The molecule has 0 bridgehead atoms. The van der Waals surface area contributed by atoms with Gasteiger partial charge in [0.25, 0.3) is 0 Å². The molecule has 0 N–H and O–H groups in total. The van der Waals surface area contributed by atoms with E-state index in [0.29, 0.717) is 11.7 Å². The van der Waals surface area contributed by atoms with Gasteiger partial charge in [-0.3, -0.25) is 0 Å². The summed E-state index contributed by atoms with van der Waals surface area (Å²) in [5.74, 6) is 4.09. The molecule has 0 aliphatic carbocycles. The van der Waals surface area contributed by atoms with Gasteiger partial charge in [-0.2, -0.15) is 15.0 Å². The fraction of sp³-hybridized carbons (Fsp3) is 0.455. The monoisotopic (exact) mass is 224 g/mol. The van der Waals surface area contributed by atoms with Crippen LogP contribution in [0.5, 0.6) is 5.88 Å². The Kier molecular flexibility index (Phi) is 3.59. The minimum Gasteiger partial charge on any atom is -0.481 e.